The zero-order valence-corrected chi connectivity index (χ0v) is 15.0. The van der Waals surface area contributed by atoms with E-state index in [9.17, 15) is 4.79 Å². The fraction of sp³-hybridized carbons (Fsp3) is 0.933. The van der Waals surface area contributed by atoms with Crippen molar-refractivity contribution in [3.05, 3.63) is 0 Å². The molecule has 0 unspecified atom stereocenters. The average Bonchev–Trinajstić information content (AvgIpc) is 2.91. The van der Waals surface area contributed by atoms with Crippen molar-refractivity contribution in [3.8, 4) is 0 Å². The molecule has 126 valence electrons. The van der Waals surface area contributed by atoms with Crippen LogP contribution < -0.4 is 5.73 Å². The fourth-order valence-electron chi connectivity index (χ4n) is 3.16. The van der Waals surface area contributed by atoms with E-state index in [-0.39, 0.29) is 30.7 Å². The summed E-state index contributed by atoms with van der Waals surface area (Å²) in [7, 11) is 0. The molecule has 1 amide bonds. The summed E-state index contributed by atoms with van der Waals surface area (Å²) >= 11 is 0. The maximum absolute atomic E-state index is 12.3. The summed E-state index contributed by atoms with van der Waals surface area (Å²) in [5.74, 6) is 1.01. The quantitative estimate of drug-likeness (QED) is 0.853. The van der Waals surface area contributed by atoms with E-state index in [1.165, 1.54) is 32.5 Å². The number of piperidine rings is 1. The maximum Gasteiger partial charge on any atom is 0.229 e. The van der Waals surface area contributed by atoms with Gasteiger partial charge in [0.1, 0.15) is 0 Å². The highest BCUT2D eigenvalue weighted by Gasteiger charge is 2.33. The van der Waals surface area contributed by atoms with Crippen molar-refractivity contribution >= 4 is 30.7 Å². The number of amides is 1. The Hall–Kier alpha value is -0.0300. The van der Waals surface area contributed by atoms with Crippen LogP contribution in [0.4, 0.5) is 0 Å². The molecule has 6 heteroatoms. The predicted molar refractivity (Wildman–Crippen MR) is 92.3 cm³/mol. The Morgan fingerprint density at radius 1 is 1.10 bits per heavy atom. The standard InChI is InChI=1S/C15H29N3O.2ClH/c1-15(2,12-16)14(19)18-9-5-13(6-10-18)11-17-7-3-4-8-17;;/h13H,3-12,16H2,1-2H3;2*1H. The van der Waals surface area contributed by atoms with Gasteiger partial charge < -0.3 is 15.5 Å². The van der Waals surface area contributed by atoms with Crippen LogP contribution in [0.15, 0.2) is 0 Å². The summed E-state index contributed by atoms with van der Waals surface area (Å²) in [5.41, 5.74) is 5.29. The third-order valence-corrected chi connectivity index (χ3v) is 4.71. The van der Waals surface area contributed by atoms with E-state index >= 15 is 0 Å². The van der Waals surface area contributed by atoms with Gasteiger partial charge in [0.15, 0.2) is 0 Å². The number of hydrogen-bond acceptors (Lipinski definition) is 3. The molecular formula is C15H31Cl2N3O. The van der Waals surface area contributed by atoms with Crippen LogP contribution in [0.25, 0.3) is 0 Å². The molecule has 0 aromatic carbocycles. The van der Waals surface area contributed by atoms with Crippen molar-refractivity contribution in [2.45, 2.75) is 39.5 Å². The van der Waals surface area contributed by atoms with E-state index in [2.05, 4.69) is 4.90 Å². The van der Waals surface area contributed by atoms with Crippen LogP contribution in [0.3, 0.4) is 0 Å². The molecule has 0 aromatic heterocycles. The van der Waals surface area contributed by atoms with Gasteiger partial charge in [-0.1, -0.05) is 0 Å². The summed E-state index contributed by atoms with van der Waals surface area (Å²) in [5, 5.41) is 0. The first-order valence-electron chi connectivity index (χ1n) is 7.75. The van der Waals surface area contributed by atoms with Crippen LogP contribution in [0.1, 0.15) is 39.5 Å². The Balaban J connectivity index is 0.00000200. The first-order valence-corrected chi connectivity index (χ1v) is 7.75. The molecule has 2 aliphatic heterocycles. The zero-order chi connectivity index (χ0) is 13.9. The molecular weight excluding hydrogens is 309 g/mol. The smallest absolute Gasteiger partial charge is 0.229 e. The second kappa shape index (κ2) is 9.19. The second-order valence-electron chi connectivity index (χ2n) is 6.83. The Labute approximate surface area is 141 Å². The number of nitrogens with two attached hydrogens (primary N) is 1. The fourth-order valence-corrected chi connectivity index (χ4v) is 3.16. The lowest BCUT2D eigenvalue weighted by Crippen LogP contribution is -2.48. The van der Waals surface area contributed by atoms with E-state index in [0.29, 0.717) is 6.54 Å². The molecule has 2 saturated heterocycles. The molecule has 0 saturated carbocycles. The summed E-state index contributed by atoms with van der Waals surface area (Å²) in [4.78, 5) is 16.9. The molecule has 2 N–H and O–H groups in total. The van der Waals surface area contributed by atoms with Gasteiger partial charge in [-0.2, -0.15) is 0 Å². The molecule has 0 bridgehead atoms. The monoisotopic (exact) mass is 339 g/mol. The van der Waals surface area contributed by atoms with Gasteiger partial charge >= 0.3 is 0 Å². The van der Waals surface area contributed by atoms with Gasteiger partial charge in [0, 0.05) is 26.2 Å². The highest BCUT2D eigenvalue weighted by atomic mass is 35.5. The molecule has 0 atom stereocenters. The minimum Gasteiger partial charge on any atom is -0.342 e. The molecule has 0 spiro atoms. The first kappa shape index (κ1) is 21.0. The van der Waals surface area contributed by atoms with Gasteiger partial charge in [0.2, 0.25) is 5.91 Å². The lowest BCUT2D eigenvalue weighted by molar-refractivity contribution is -0.141. The average molecular weight is 340 g/mol. The van der Waals surface area contributed by atoms with Crippen molar-refractivity contribution in [1.29, 1.82) is 0 Å². The SMILES string of the molecule is CC(C)(CN)C(=O)N1CCC(CN2CCCC2)CC1.Cl.Cl. The Morgan fingerprint density at radius 2 is 1.62 bits per heavy atom. The molecule has 0 aliphatic carbocycles. The highest BCUT2D eigenvalue weighted by molar-refractivity contribution is 5.85. The van der Waals surface area contributed by atoms with E-state index in [1.54, 1.807) is 0 Å². The van der Waals surface area contributed by atoms with Crippen molar-refractivity contribution in [3.63, 3.8) is 0 Å². The molecule has 21 heavy (non-hydrogen) atoms. The summed E-state index contributed by atoms with van der Waals surface area (Å²) in [6, 6.07) is 0. The van der Waals surface area contributed by atoms with Crippen LogP contribution in [0, 0.1) is 11.3 Å². The first-order chi connectivity index (χ1) is 9.03. The molecule has 0 aromatic rings. The van der Waals surface area contributed by atoms with Gasteiger partial charge in [-0.3, -0.25) is 4.79 Å². The lowest BCUT2D eigenvalue weighted by Gasteiger charge is -2.37. The number of carbonyl (C=O) groups excluding carboxylic acids is 1. The number of nitrogens with zero attached hydrogens (tertiary/aromatic N) is 2. The Bertz CT molecular complexity index is 312. The van der Waals surface area contributed by atoms with Crippen molar-refractivity contribution in [2.75, 3.05) is 39.3 Å². The summed E-state index contributed by atoms with van der Waals surface area (Å²) < 4.78 is 0. The predicted octanol–water partition coefficient (Wildman–Crippen LogP) is 2.15. The van der Waals surface area contributed by atoms with E-state index in [0.717, 1.165) is 31.8 Å². The number of halogens is 2. The molecule has 2 fully saturated rings. The van der Waals surface area contributed by atoms with E-state index in [4.69, 9.17) is 5.73 Å². The van der Waals surface area contributed by atoms with Crippen LogP contribution in [-0.4, -0.2) is 55.0 Å². The summed E-state index contributed by atoms with van der Waals surface area (Å²) in [6.45, 7) is 9.96. The molecule has 4 nitrogen and oxygen atoms in total. The van der Waals surface area contributed by atoms with Crippen LogP contribution >= 0.6 is 24.8 Å². The highest BCUT2D eigenvalue weighted by Crippen LogP contribution is 2.24. The number of hydrogen-bond donors (Lipinski definition) is 1. The van der Waals surface area contributed by atoms with Gasteiger partial charge in [-0.25, -0.2) is 0 Å². The Kier molecular flexibility index (Phi) is 9.17. The van der Waals surface area contributed by atoms with Crippen molar-refractivity contribution < 1.29 is 4.79 Å². The third-order valence-electron chi connectivity index (χ3n) is 4.71. The van der Waals surface area contributed by atoms with Crippen LogP contribution in [-0.2, 0) is 4.79 Å². The van der Waals surface area contributed by atoms with Crippen LogP contribution in [0.2, 0.25) is 0 Å². The maximum atomic E-state index is 12.3. The largest absolute Gasteiger partial charge is 0.342 e. The minimum absolute atomic E-state index is 0. The van der Waals surface area contributed by atoms with Gasteiger partial charge in [-0.15, -0.1) is 24.8 Å². The van der Waals surface area contributed by atoms with E-state index < -0.39 is 5.41 Å². The zero-order valence-electron chi connectivity index (χ0n) is 13.3. The third kappa shape index (κ3) is 5.59. The normalized spacial score (nSPS) is 20.8. The van der Waals surface area contributed by atoms with E-state index in [1.807, 2.05) is 18.7 Å². The lowest BCUT2D eigenvalue weighted by atomic mass is 9.89. The van der Waals surface area contributed by atoms with Crippen molar-refractivity contribution in [1.82, 2.24) is 9.80 Å². The van der Waals surface area contributed by atoms with Gasteiger partial charge in [0.25, 0.3) is 0 Å². The topological polar surface area (TPSA) is 49.6 Å². The second-order valence-corrected chi connectivity index (χ2v) is 6.83. The van der Waals surface area contributed by atoms with Gasteiger partial charge in [0.05, 0.1) is 5.41 Å². The van der Waals surface area contributed by atoms with Crippen LogP contribution in [0.5, 0.6) is 0 Å². The molecule has 0 radical (unpaired) electrons. The Morgan fingerprint density at radius 3 is 2.10 bits per heavy atom. The molecule has 2 heterocycles. The number of carbonyl (C=O) groups is 1. The summed E-state index contributed by atoms with van der Waals surface area (Å²) in [6.07, 6.45) is 5.04. The number of likely N-dealkylation sites (tertiary alicyclic amines) is 2. The van der Waals surface area contributed by atoms with Crippen molar-refractivity contribution in [2.24, 2.45) is 17.1 Å². The number of rotatable bonds is 4. The molecule has 2 aliphatic rings. The molecule has 2 rings (SSSR count). The van der Waals surface area contributed by atoms with Gasteiger partial charge in [-0.05, 0) is 58.5 Å². The minimum atomic E-state index is -0.401.